The van der Waals surface area contributed by atoms with Gasteiger partial charge in [-0.2, -0.15) is 13.2 Å². The Morgan fingerprint density at radius 3 is 2.33 bits per heavy atom. The summed E-state index contributed by atoms with van der Waals surface area (Å²) < 4.78 is 61.0. The van der Waals surface area contributed by atoms with E-state index in [9.17, 15) is 22.0 Å². The highest BCUT2D eigenvalue weighted by atomic mass is 19.4. The molecule has 0 fully saturated rings. The summed E-state index contributed by atoms with van der Waals surface area (Å²) >= 11 is 0. The molecule has 84 valence electrons. The lowest BCUT2D eigenvalue weighted by atomic mass is 10.1. The van der Waals surface area contributed by atoms with Gasteiger partial charge in [0.05, 0.1) is 5.56 Å². The summed E-state index contributed by atoms with van der Waals surface area (Å²) in [5.41, 5.74) is 2.99. The van der Waals surface area contributed by atoms with Crippen molar-refractivity contribution in [1.29, 1.82) is 0 Å². The lowest BCUT2D eigenvalue weighted by Crippen LogP contribution is -2.11. The number of halogens is 5. The van der Waals surface area contributed by atoms with Gasteiger partial charge in [-0.3, -0.25) is 4.98 Å². The molecule has 0 bridgehead atoms. The van der Waals surface area contributed by atoms with Crippen LogP contribution in [-0.2, 0) is 12.7 Å². The van der Waals surface area contributed by atoms with E-state index in [-0.39, 0.29) is 5.56 Å². The molecule has 0 amide bonds. The van der Waals surface area contributed by atoms with Gasteiger partial charge in [0, 0.05) is 12.7 Å². The lowest BCUT2D eigenvalue weighted by Gasteiger charge is -2.10. The average Bonchev–Trinajstić information content (AvgIpc) is 2.15. The van der Waals surface area contributed by atoms with Crippen molar-refractivity contribution in [1.82, 2.24) is 4.98 Å². The Morgan fingerprint density at radius 1 is 1.33 bits per heavy atom. The molecule has 0 aromatic carbocycles. The van der Waals surface area contributed by atoms with Gasteiger partial charge in [0.25, 0.3) is 6.43 Å². The largest absolute Gasteiger partial charge is 0.417 e. The first-order chi connectivity index (χ1) is 6.86. The Hall–Kier alpha value is -1.24. The first-order valence-corrected chi connectivity index (χ1v) is 3.90. The molecule has 2 N–H and O–H groups in total. The maximum Gasteiger partial charge on any atom is 0.417 e. The number of pyridine rings is 1. The molecule has 1 aromatic heterocycles. The molecular formula is C8H7F5N2. The zero-order chi connectivity index (χ0) is 11.6. The van der Waals surface area contributed by atoms with E-state index in [1.165, 1.54) is 0 Å². The van der Waals surface area contributed by atoms with Crippen LogP contribution in [0.15, 0.2) is 12.3 Å². The monoisotopic (exact) mass is 226 g/mol. The second-order valence-corrected chi connectivity index (χ2v) is 2.77. The SMILES string of the molecule is NCc1cc(C(F)(F)F)cnc1C(F)F. The van der Waals surface area contributed by atoms with Crippen molar-refractivity contribution < 1.29 is 22.0 Å². The van der Waals surface area contributed by atoms with Crippen LogP contribution in [0.2, 0.25) is 0 Å². The highest BCUT2D eigenvalue weighted by molar-refractivity contribution is 5.27. The fourth-order valence-corrected chi connectivity index (χ4v) is 1.04. The van der Waals surface area contributed by atoms with Crippen LogP contribution in [-0.4, -0.2) is 4.98 Å². The Bertz CT molecular complexity index is 347. The van der Waals surface area contributed by atoms with Gasteiger partial charge in [-0.05, 0) is 11.6 Å². The number of hydrogen-bond acceptors (Lipinski definition) is 2. The Balaban J connectivity index is 3.19. The number of hydrogen-bond donors (Lipinski definition) is 1. The summed E-state index contributed by atoms with van der Waals surface area (Å²) in [7, 11) is 0. The van der Waals surface area contributed by atoms with Crippen LogP contribution in [0.1, 0.15) is 23.2 Å². The maximum atomic E-state index is 12.2. The van der Waals surface area contributed by atoms with Crippen LogP contribution < -0.4 is 5.73 Å². The first kappa shape index (κ1) is 11.8. The van der Waals surface area contributed by atoms with Crippen molar-refractivity contribution in [3.63, 3.8) is 0 Å². The van der Waals surface area contributed by atoms with Crippen LogP contribution >= 0.6 is 0 Å². The van der Waals surface area contributed by atoms with Crippen LogP contribution in [0, 0.1) is 0 Å². The molecule has 0 atom stereocenters. The van der Waals surface area contributed by atoms with E-state index in [0.717, 1.165) is 0 Å². The predicted octanol–water partition coefficient (Wildman–Crippen LogP) is 2.50. The zero-order valence-corrected chi connectivity index (χ0v) is 7.35. The second kappa shape index (κ2) is 4.09. The minimum absolute atomic E-state index is 0.292. The molecule has 2 nitrogen and oxygen atoms in total. The Morgan fingerprint density at radius 2 is 1.93 bits per heavy atom. The van der Waals surface area contributed by atoms with E-state index in [2.05, 4.69) is 4.98 Å². The van der Waals surface area contributed by atoms with E-state index in [1.807, 2.05) is 0 Å². The van der Waals surface area contributed by atoms with Gasteiger partial charge >= 0.3 is 6.18 Å². The highest BCUT2D eigenvalue weighted by Gasteiger charge is 2.32. The fraction of sp³-hybridized carbons (Fsp3) is 0.375. The molecule has 0 unspecified atom stereocenters. The molecule has 15 heavy (non-hydrogen) atoms. The van der Waals surface area contributed by atoms with Crippen molar-refractivity contribution in [3.05, 3.63) is 29.1 Å². The highest BCUT2D eigenvalue weighted by Crippen LogP contribution is 2.31. The van der Waals surface area contributed by atoms with Crippen LogP contribution in [0.5, 0.6) is 0 Å². The van der Waals surface area contributed by atoms with Crippen LogP contribution in [0.3, 0.4) is 0 Å². The third-order valence-electron chi connectivity index (χ3n) is 1.76. The van der Waals surface area contributed by atoms with Crippen LogP contribution in [0.25, 0.3) is 0 Å². The maximum absolute atomic E-state index is 12.2. The second-order valence-electron chi connectivity index (χ2n) is 2.77. The van der Waals surface area contributed by atoms with Crippen molar-refractivity contribution in [2.24, 2.45) is 5.73 Å². The zero-order valence-electron chi connectivity index (χ0n) is 7.35. The fourth-order valence-electron chi connectivity index (χ4n) is 1.04. The first-order valence-electron chi connectivity index (χ1n) is 3.90. The average molecular weight is 226 g/mol. The number of nitrogens with zero attached hydrogens (tertiary/aromatic N) is 1. The quantitative estimate of drug-likeness (QED) is 0.787. The van der Waals surface area contributed by atoms with Crippen molar-refractivity contribution >= 4 is 0 Å². The van der Waals surface area contributed by atoms with Gasteiger partial charge < -0.3 is 5.73 Å². The molecule has 1 rings (SSSR count). The summed E-state index contributed by atoms with van der Waals surface area (Å²) in [4.78, 5) is 3.07. The number of nitrogens with two attached hydrogens (primary N) is 1. The van der Waals surface area contributed by atoms with E-state index in [0.29, 0.717) is 12.3 Å². The smallest absolute Gasteiger partial charge is 0.326 e. The van der Waals surface area contributed by atoms with Gasteiger partial charge in [-0.25, -0.2) is 8.78 Å². The predicted molar refractivity (Wildman–Crippen MR) is 42.1 cm³/mol. The molecular weight excluding hydrogens is 219 g/mol. The molecule has 1 aromatic rings. The molecule has 0 aliphatic carbocycles. The molecule has 0 saturated heterocycles. The minimum atomic E-state index is -4.60. The topological polar surface area (TPSA) is 38.9 Å². The summed E-state index contributed by atoms with van der Waals surface area (Å²) in [6.07, 6.45) is -7.15. The minimum Gasteiger partial charge on any atom is -0.326 e. The molecule has 0 saturated carbocycles. The third-order valence-corrected chi connectivity index (χ3v) is 1.76. The van der Waals surface area contributed by atoms with E-state index in [1.54, 1.807) is 0 Å². The van der Waals surface area contributed by atoms with Gasteiger partial charge in [0.15, 0.2) is 0 Å². The van der Waals surface area contributed by atoms with Gasteiger partial charge in [-0.15, -0.1) is 0 Å². The summed E-state index contributed by atoms with van der Waals surface area (Å²) in [6.45, 7) is -0.406. The standard InChI is InChI=1S/C8H7F5N2/c9-7(10)6-4(2-14)1-5(3-15-6)8(11,12)13/h1,3,7H,2,14H2. The molecule has 0 aliphatic rings. The summed E-state index contributed by atoms with van der Waals surface area (Å²) in [5, 5.41) is 0. The summed E-state index contributed by atoms with van der Waals surface area (Å²) in [6, 6.07) is 0.592. The molecule has 0 spiro atoms. The number of rotatable bonds is 2. The van der Waals surface area contributed by atoms with Crippen molar-refractivity contribution in [3.8, 4) is 0 Å². The number of alkyl halides is 5. The molecule has 7 heteroatoms. The Kier molecular flexibility index (Phi) is 3.23. The van der Waals surface area contributed by atoms with Crippen molar-refractivity contribution in [2.75, 3.05) is 0 Å². The summed E-state index contributed by atoms with van der Waals surface area (Å²) in [5.74, 6) is 0. The van der Waals surface area contributed by atoms with E-state index >= 15 is 0 Å². The van der Waals surface area contributed by atoms with E-state index < -0.39 is 30.4 Å². The molecule has 0 radical (unpaired) electrons. The third kappa shape index (κ3) is 2.62. The van der Waals surface area contributed by atoms with Crippen LogP contribution in [0.4, 0.5) is 22.0 Å². The van der Waals surface area contributed by atoms with Gasteiger partial charge in [0.1, 0.15) is 5.69 Å². The molecule has 1 heterocycles. The van der Waals surface area contributed by atoms with Gasteiger partial charge in [0.2, 0.25) is 0 Å². The number of aromatic nitrogens is 1. The normalized spacial score (nSPS) is 12.2. The van der Waals surface area contributed by atoms with E-state index in [4.69, 9.17) is 5.73 Å². The van der Waals surface area contributed by atoms with Gasteiger partial charge in [-0.1, -0.05) is 0 Å². The lowest BCUT2D eigenvalue weighted by molar-refractivity contribution is -0.137. The molecule has 0 aliphatic heterocycles. The van der Waals surface area contributed by atoms with Crippen molar-refractivity contribution in [2.45, 2.75) is 19.1 Å². The Labute approximate surface area is 81.9 Å².